The fourth-order valence-corrected chi connectivity index (χ4v) is 4.50. The second-order valence-corrected chi connectivity index (χ2v) is 8.53. The Labute approximate surface area is 144 Å². The average Bonchev–Trinajstić information content (AvgIpc) is 2.47. The Morgan fingerprint density at radius 2 is 2.04 bits per heavy atom. The number of carbonyl (C=O) groups excluding carboxylic acids is 1. The molecule has 1 radical (unpaired) electrons. The van der Waals surface area contributed by atoms with E-state index in [-0.39, 0.29) is 0 Å². The Morgan fingerprint density at radius 1 is 1.35 bits per heavy atom. The van der Waals surface area contributed by atoms with Crippen LogP contribution in [0.1, 0.15) is 52.0 Å². The highest BCUT2D eigenvalue weighted by molar-refractivity contribution is 7.98. The molecule has 1 N–H and O–H groups in total. The van der Waals surface area contributed by atoms with Gasteiger partial charge in [-0.1, -0.05) is 30.3 Å². The predicted molar refractivity (Wildman–Crippen MR) is 96.2 cm³/mol. The van der Waals surface area contributed by atoms with Gasteiger partial charge in [-0.15, -0.1) is 0 Å². The van der Waals surface area contributed by atoms with Crippen molar-refractivity contribution in [3.63, 3.8) is 0 Å². The Bertz CT molecular complexity index is 512. The fourth-order valence-electron chi connectivity index (χ4n) is 3.34. The molecular weight excluding hydrogens is 306 g/mol. The van der Waals surface area contributed by atoms with E-state index in [1.807, 2.05) is 38.6 Å². The van der Waals surface area contributed by atoms with Crippen molar-refractivity contribution in [2.24, 2.45) is 5.92 Å². The summed E-state index contributed by atoms with van der Waals surface area (Å²) >= 11 is 1.92. The third-order valence-corrected chi connectivity index (χ3v) is 5.44. The van der Waals surface area contributed by atoms with E-state index in [1.165, 1.54) is 5.56 Å². The Hall–Kier alpha value is -1.00. The van der Waals surface area contributed by atoms with Crippen LogP contribution in [0.5, 0.6) is 0 Å². The third kappa shape index (κ3) is 5.54. The van der Waals surface area contributed by atoms with Gasteiger partial charge in [0.2, 0.25) is 0 Å². The summed E-state index contributed by atoms with van der Waals surface area (Å²) in [7, 11) is 0. The van der Waals surface area contributed by atoms with E-state index in [9.17, 15) is 4.79 Å². The second kappa shape index (κ2) is 7.71. The van der Waals surface area contributed by atoms with E-state index in [0.717, 1.165) is 24.3 Å². The molecule has 1 aromatic carbocycles. The summed E-state index contributed by atoms with van der Waals surface area (Å²) in [6.45, 7) is 5.89. The minimum Gasteiger partial charge on any atom is -0.359 e. The second-order valence-electron chi connectivity index (χ2n) is 7.50. The van der Waals surface area contributed by atoms with Crippen LogP contribution in [0.15, 0.2) is 30.3 Å². The quantitative estimate of drug-likeness (QED) is 0.771. The first-order valence-corrected chi connectivity index (χ1v) is 9.54. The first-order valence-electron chi connectivity index (χ1n) is 8.39. The molecule has 2 rings (SSSR count). The minimum atomic E-state index is -0.894. The van der Waals surface area contributed by atoms with Gasteiger partial charge in [0.15, 0.2) is 0 Å². The van der Waals surface area contributed by atoms with Gasteiger partial charge in [0.1, 0.15) is 5.60 Å². The molecule has 1 fully saturated rings. The summed E-state index contributed by atoms with van der Waals surface area (Å²) in [5.41, 5.74) is 7.78. The highest BCUT2D eigenvalue weighted by Crippen LogP contribution is 2.39. The van der Waals surface area contributed by atoms with E-state index in [1.54, 1.807) is 0 Å². The third-order valence-electron chi connectivity index (χ3n) is 4.19. The van der Waals surface area contributed by atoms with Crippen LogP contribution in [-0.2, 0) is 15.3 Å². The number of carbonyl (C=O) groups is 1. The molecule has 23 heavy (non-hydrogen) atoms. The first kappa shape index (κ1) is 18.3. The lowest BCUT2D eigenvalue weighted by atomic mass is 9.77. The number of ether oxygens (including phenoxy) is 1. The van der Waals surface area contributed by atoms with Gasteiger partial charge in [0.05, 0.1) is 5.60 Å². The molecule has 1 aliphatic carbocycles. The number of benzene rings is 1. The lowest BCUT2D eigenvalue weighted by Crippen LogP contribution is -2.50. The standard InChI is InChI=1S/C19H28NO2S/c1-18(2,3)22-19(17(20)21)11-7-10-16(12-19)14-23-13-15-8-5-4-6-9-15/h4-6,8-9,16,20H,7,10-14H2,1-3H3. The smallest absolute Gasteiger partial charge is 0.270 e. The SMILES string of the molecule is CC(C)(C)OC1(C([NH])=O)CCCC(CSCc2ccccc2)C1. The molecule has 1 aromatic rings. The van der Waals surface area contributed by atoms with Crippen LogP contribution in [-0.4, -0.2) is 22.9 Å². The number of thioether (sulfide) groups is 1. The molecule has 1 aliphatic rings. The maximum Gasteiger partial charge on any atom is 0.270 e. The van der Waals surface area contributed by atoms with Crippen LogP contribution in [0.2, 0.25) is 0 Å². The molecule has 0 aliphatic heterocycles. The molecule has 1 amide bonds. The monoisotopic (exact) mass is 334 g/mol. The van der Waals surface area contributed by atoms with Gasteiger partial charge in [-0.2, -0.15) is 11.8 Å². The molecular formula is C19H28NO2S. The summed E-state index contributed by atoms with van der Waals surface area (Å²) in [6.07, 6.45) is 3.47. The Kier molecular flexibility index (Phi) is 6.15. The van der Waals surface area contributed by atoms with Crippen LogP contribution in [0, 0.1) is 5.92 Å². The highest BCUT2D eigenvalue weighted by atomic mass is 32.2. The molecule has 0 spiro atoms. The molecule has 0 bridgehead atoms. The number of nitrogens with one attached hydrogen (secondary N) is 1. The van der Waals surface area contributed by atoms with Gasteiger partial charge in [0.25, 0.3) is 5.91 Å². The molecule has 2 atom stereocenters. The van der Waals surface area contributed by atoms with Gasteiger partial charge in [0, 0.05) is 5.75 Å². The average molecular weight is 335 g/mol. The van der Waals surface area contributed by atoms with Gasteiger partial charge in [-0.25, -0.2) is 0 Å². The van der Waals surface area contributed by atoms with E-state index in [2.05, 4.69) is 24.3 Å². The van der Waals surface area contributed by atoms with Gasteiger partial charge in [-0.3, -0.25) is 10.5 Å². The van der Waals surface area contributed by atoms with Crippen molar-refractivity contribution in [3.05, 3.63) is 35.9 Å². The summed E-state index contributed by atoms with van der Waals surface area (Å²) < 4.78 is 6.08. The number of hydrogen-bond donors (Lipinski definition) is 0. The molecule has 0 aromatic heterocycles. The van der Waals surface area contributed by atoms with E-state index in [4.69, 9.17) is 10.5 Å². The molecule has 2 unspecified atom stereocenters. The van der Waals surface area contributed by atoms with Gasteiger partial charge >= 0.3 is 0 Å². The fraction of sp³-hybridized carbons (Fsp3) is 0.632. The summed E-state index contributed by atoms with van der Waals surface area (Å²) in [5.74, 6) is 1.93. The largest absolute Gasteiger partial charge is 0.359 e. The van der Waals surface area contributed by atoms with Crippen LogP contribution in [0.25, 0.3) is 0 Å². The van der Waals surface area contributed by atoms with Crippen LogP contribution in [0.4, 0.5) is 0 Å². The van der Waals surface area contributed by atoms with Crippen LogP contribution in [0.3, 0.4) is 0 Å². The number of hydrogen-bond acceptors (Lipinski definition) is 3. The van der Waals surface area contributed by atoms with Crippen molar-refractivity contribution in [2.45, 2.75) is 63.4 Å². The van der Waals surface area contributed by atoms with Crippen molar-refractivity contribution in [2.75, 3.05) is 5.75 Å². The van der Waals surface area contributed by atoms with Crippen molar-refractivity contribution in [1.29, 1.82) is 0 Å². The zero-order chi connectivity index (χ0) is 16.9. The van der Waals surface area contributed by atoms with E-state index in [0.29, 0.717) is 18.8 Å². The summed E-state index contributed by atoms with van der Waals surface area (Å²) in [6, 6.07) is 10.5. The summed E-state index contributed by atoms with van der Waals surface area (Å²) in [4.78, 5) is 12.0. The van der Waals surface area contributed by atoms with Crippen LogP contribution >= 0.6 is 11.8 Å². The minimum absolute atomic E-state index is 0.393. The molecule has 0 saturated heterocycles. The normalized spacial score (nSPS) is 25.3. The lowest BCUT2D eigenvalue weighted by molar-refractivity contribution is -0.176. The van der Waals surface area contributed by atoms with Crippen LogP contribution < -0.4 is 5.73 Å². The highest BCUT2D eigenvalue weighted by Gasteiger charge is 2.45. The molecule has 0 heterocycles. The van der Waals surface area contributed by atoms with Crippen molar-refractivity contribution < 1.29 is 9.53 Å². The number of amides is 1. The maximum atomic E-state index is 12.0. The maximum absolute atomic E-state index is 12.0. The molecule has 4 heteroatoms. The molecule has 3 nitrogen and oxygen atoms in total. The van der Waals surface area contributed by atoms with Gasteiger partial charge < -0.3 is 4.74 Å². The predicted octanol–water partition coefficient (Wildman–Crippen LogP) is 4.47. The topological polar surface area (TPSA) is 50.1 Å². The summed E-state index contributed by atoms with van der Waals surface area (Å²) in [5, 5.41) is 0. The zero-order valence-corrected chi connectivity index (χ0v) is 15.2. The van der Waals surface area contributed by atoms with Crippen molar-refractivity contribution in [3.8, 4) is 0 Å². The Balaban J connectivity index is 1.92. The van der Waals surface area contributed by atoms with Crippen molar-refractivity contribution >= 4 is 17.7 Å². The van der Waals surface area contributed by atoms with Gasteiger partial charge in [-0.05, 0) is 63.7 Å². The van der Waals surface area contributed by atoms with E-state index < -0.39 is 17.1 Å². The lowest BCUT2D eigenvalue weighted by Gasteiger charge is -2.42. The first-order chi connectivity index (χ1) is 10.8. The Morgan fingerprint density at radius 3 is 2.65 bits per heavy atom. The number of rotatable bonds is 6. The zero-order valence-electron chi connectivity index (χ0n) is 14.4. The van der Waals surface area contributed by atoms with E-state index >= 15 is 0 Å². The molecule has 1 saturated carbocycles. The molecule has 127 valence electrons. The van der Waals surface area contributed by atoms with Crippen molar-refractivity contribution in [1.82, 2.24) is 5.73 Å².